The van der Waals surface area contributed by atoms with E-state index in [4.69, 9.17) is 0 Å². The van der Waals surface area contributed by atoms with Gasteiger partial charge < -0.3 is 5.32 Å². The van der Waals surface area contributed by atoms with Crippen molar-refractivity contribution in [3.05, 3.63) is 30.1 Å². The van der Waals surface area contributed by atoms with Crippen LogP contribution in [0.1, 0.15) is 0 Å². The minimum atomic E-state index is -0.303. The Morgan fingerprint density at radius 2 is 2.12 bits per heavy atom. The van der Waals surface area contributed by atoms with E-state index in [0.717, 1.165) is 11.6 Å². The van der Waals surface area contributed by atoms with Crippen LogP contribution in [0.2, 0.25) is 0 Å². The van der Waals surface area contributed by atoms with E-state index >= 15 is 0 Å². The minimum Gasteiger partial charge on any atom is -0.325 e. The zero-order valence-corrected chi connectivity index (χ0v) is 10.0. The van der Waals surface area contributed by atoms with Gasteiger partial charge in [-0.15, -0.1) is 24.2 Å². The maximum Gasteiger partial charge on any atom is 0.242 e. The Hall–Kier alpha value is -0.780. The van der Waals surface area contributed by atoms with Crippen LogP contribution < -0.4 is 10.6 Å². The van der Waals surface area contributed by atoms with E-state index in [2.05, 4.69) is 10.6 Å². The van der Waals surface area contributed by atoms with Crippen molar-refractivity contribution in [2.45, 2.75) is 6.04 Å². The summed E-state index contributed by atoms with van der Waals surface area (Å²) in [5.41, 5.74) is 0.625. The lowest BCUT2D eigenvalue weighted by molar-refractivity contribution is -0.117. The van der Waals surface area contributed by atoms with E-state index in [1.54, 1.807) is 23.9 Å². The van der Waals surface area contributed by atoms with E-state index in [0.29, 0.717) is 5.69 Å². The smallest absolute Gasteiger partial charge is 0.242 e. The van der Waals surface area contributed by atoms with Crippen LogP contribution in [0.5, 0.6) is 0 Å². The van der Waals surface area contributed by atoms with Crippen LogP contribution in [0, 0.1) is 5.82 Å². The molecule has 1 saturated heterocycles. The molecule has 1 atom stereocenters. The number of carbonyl (C=O) groups is 1. The van der Waals surface area contributed by atoms with Crippen LogP contribution in [0.4, 0.5) is 10.1 Å². The van der Waals surface area contributed by atoms with Gasteiger partial charge in [0.05, 0.1) is 6.04 Å². The van der Waals surface area contributed by atoms with Crippen LogP contribution in [0.25, 0.3) is 0 Å². The molecule has 0 saturated carbocycles. The number of amides is 1. The van der Waals surface area contributed by atoms with Crippen LogP contribution in [-0.4, -0.2) is 23.6 Å². The Labute approximate surface area is 104 Å². The van der Waals surface area contributed by atoms with E-state index < -0.39 is 0 Å². The average Bonchev–Trinajstić information content (AvgIpc) is 2.74. The highest BCUT2D eigenvalue weighted by Gasteiger charge is 2.22. The number of halogens is 2. The number of rotatable bonds is 2. The highest BCUT2D eigenvalue weighted by atomic mass is 35.5. The molecule has 3 nitrogen and oxygen atoms in total. The van der Waals surface area contributed by atoms with Gasteiger partial charge in [-0.3, -0.25) is 10.1 Å². The normalized spacial score (nSPS) is 18.9. The van der Waals surface area contributed by atoms with Gasteiger partial charge in [-0.05, 0) is 24.3 Å². The molecule has 0 bridgehead atoms. The van der Waals surface area contributed by atoms with Gasteiger partial charge in [0.25, 0.3) is 0 Å². The van der Waals surface area contributed by atoms with E-state index in [1.165, 1.54) is 12.1 Å². The first kappa shape index (κ1) is 13.3. The maximum absolute atomic E-state index is 12.6. The van der Waals surface area contributed by atoms with E-state index in [9.17, 15) is 9.18 Å². The summed E-state index contributed by atoms with van der Waals surface area (Å²) >= 11 is 1.69. The molecule has 1 aromatic carbocycles. The largest absolute Gasteiger partial charge is 0.325 e. The predicted molar refractivity (Wildman–Crippen MR) is 66.5 cm³/mol. The molecule has 1 aliphatic rings. The van der Waals surface area contributed by atoms with Gasteiger partial charge in [-0.1, -0.05) is 0 Å². The summed E-state index contributed by atoms with van der Waals surface area (Å²) in [6, 6.07) is 5.61. The van der Waals surface area contributed by atoms with Gasteiger partial charge >= 0.3 is 0 Å². The van der Waals surface area contributed by atoms with Gasteiger partial charge in [-0.25, -0.2) is 4.39 Å². The molecule has 1 fully saturated rings. The Morgan fingerprint density at radius 3 is 2.69 bits per heavy atom. The lowest BCUT2D eigenvalue weighted by atomic mass is 10.2. The first-order chi connectivity index (χ1) is 7.25. The molecule has 1 heterocycles. The number of thioether (sulfide) groups is 1. The second-order valence-corrected chi connectivity index (χ2v) is 4.30. The molecule has 0 radical (unpaired) electrons. The minimum absolute atomic E-state index is 0. The van der Waals surface area contributed by atoms with Crippen LogP contribution in [0.3, 0.4) is 0 Å². The highest BCUT2D eigenvalue weighted by Crippen LogP contribution is 2.13. The molecular weight excluding hydrogens is 251 g/mol. The van der Waals surface area contributed by atoms with Crippen molar-refractivity contribution in [3.8, 4) is 0 Å². The first-order valence-electron chi connectivity index (χ1n) is 4.63. The Balaban J connectivity index is 0.00000128. The lowest BCUT2D eigenvalue weighted by Crippen LogP contribution is -2.37. The summed E-state index contributed by atoms with van der Waals surface area (Å²) < 4.78 is 12.6. The molecule has 1 aliphatic heterocycles. The zero-order chi connectivity index (χ0) is 10.7. The maximum atomic E-state index is 12.6. The van der Waals surface area contributed by atoms with Gasteiger partial charge in [0, 0.05) is 17.3 Å². The molecule has 1 amide bonds. The summed E-state index contributed by atoms with van der Waals surface area (Å²) in [5, 5.41) is 5.79. The Kier molecular flexibility index (Phi) is 5.05. The van der Waals surface area contributed by atoms with E-state index in [1.807, 2.05) is 0 Å². The first-order valence-corrected chi connectivity index (χ1v) is 5.79. The summed E-state index contributed by atoms with van der Waals surface area (Å²) in [5.74, 6) is 1.23. The van der Waals surface area contributed by atoms with Gasteiger partial charge in [0.1, 0.15) is 5.82 Å². The fraction of sp³-hybridized carbons (Fsp3) is 0.300. The van der Waals surface area contributed by atoms with Gasteiger partial charge in [0.2, 0.25) is 5.91 Å². The predicted octanol–water partition coefficient (Wildman–Crippen LogP) is 1.85. The molecule has 2 rings (SSSR count). The molecule has 6 heteroatoms. The van der Waals surface area contributed by atoms with Gasteiger partial charge in [0.15, 0.2) is 0 Å². The zero-order valence-electron chi connectivity index (χ0n) is 8.40. The standard InChI is InChI=1S/C10H11FN2OS.ClH/c11-7-1-3-8(4-2-7)13-10(14)9-5-15-6-12-9;/h1-4,9,12H,5-6H2,(H,13,14);1H/t9-;/m1./s1. The fourth-order valence-electron chi connectivity index (χ4n) is 1.33. The van der Waals surface area contributed by atoms with Crippen LogP contribution in [0.15, 0.2) is 24.3 Å². The third-order valence-electron chi connectivity index (χ3n) is 2.14. The number of benzene rings is 1. The molecule has 0 aliphatic carbocycles. The molecule has 0 spiro atoms. The summed E-state index contributed by atoms with van der Waals surface area (Å²) in [4.78, 5) is 11.6. The molecule has 0 unspecified atom stereocenters. The SMILES string of the molecule is Cl.O=C(Nc1ccc(F)cc1)[C@H]1CSCN1. The topological polar surface area (TPSA) is 41.1 Å². The molecular formula is C10H12ClFN2OS. The summed E-state index contributed by atoms with van der Waals surface area (Å²) in [7, 11) is 0. The summed E-state index contributed by atoms with van der Waals surface area (Å²) in [6.45, 7) is 0. The van der Waals surface area contributed by atoms with Crippen molar-refractivity contribution in [3.63, 3.8) is 0 Å². The molecule has 2 N–H and O–H groups in total. The lowest BCUT2D eigenvalue weighted by Gasteiger charge is -2.10. The van der Waals surface area contributed by atoms with Crippen molar-refractivity contribution >= 4 is 35.8 Å². The third-order valence-corrected chi connectivity index (χ3v) is 3.08. The molecule has 16 heavy (non-hydrogen) atoms. The van der Waals surface area contributed by atoms with Crippen molar-refractivity contribution in [1.29, 1.82) is 0 Å². The van der Waals surface area contributed by atoms with E-state index in [-0.39, 0.29) is 30.2 Å². The quantitative estimate of drug-likeness (QED) is 0.855. The summed E-state index contributed by atoms with van der Waals surface area (Å²) in [6.07, 6.45) is 0. The van der Waals surface area contributed by atoms with Crippen LogP contribution >= 0.6 is 24.2 Å². The van der Waals surface area contributed by atoms with Crippen LogP contribution in [-0.2, 0) is 4.79 Å². The molecule has 1 aromatic rings. The Bertz CT molecular complexity index is 354. The number of hydrogen-bond acceptors (Lipinski definition) is 3. The number of nitrogens with one attached hydrogen (secondary N) is 2. The van der Waals surface area contributed by atoms with Gasteiger partial charge in [-0.2, -0.15) is 0 Å². The average molecular weight is 263 g/mol. The second-order valence-electron chi connectivity index (χ2n) is 3.27. The molecule has 0 aromatic heterocycles. The highest BCUT2D eigenvalue weighted by molar-refractivity contribution is 7.99. The number of carbonyl (C=O) groups excluding carboxylic acids is 1. The number of anilines is 1. The van der Waals surface area contributed by atoms with Crippen molar-refractivity contribution < 1.29 is 9.18 Å². The Morgan fingerprint density at radius 1 is 1.44 bits per heavy atom. The second kappa shape index (κ2) is 6.08. The third kappa shape index (κ3) is 3.37. The fourth-order valence-corrected chi connectivity index (χ4v) is 2.27. The monoisotopic (exact) mass is 262 g/mol. The van der Waals surface area contributed by atoms with Crippen molar-refractivity contribution in [1.82, 2.24) is 5.32 Å². The van der Waals surface area contributed by atoms with Crippen molar-refractivity contribution in [2.75, 3.05) is 16.9 Å². The van der Waals surface area contributed by atoms with Crippen molar-refractivity contribution in [2.24, 2.45) is 0 Å². The number of hydrogen-bond donors (Lipinski definition) is 2. The molecule has 88 valence electrons.